The monoisotopic (exact) mass is 291 g/mol. The van der Waals surface area contributed by atoms with Crippen molar-refractivity contribution in [3.8, 4) is 11.5 Å². The molecule has 0 saturated carbocycles. The van der Waals surface area contributed by atoms with Gasteiger partial charge in [-0.25, -0.2) is 0 Å². The van der Waals surface area contributed by atoms with Gasteiger partial charge in [0.05, 0.1) is 30.3 Å². The van der Waals surface area contributed by atoms with E-state index in [0.29, 0.717) is 27.6 Å². The van der Waals surface area contributed by atoms with Gasteiger partial charge in [-0.1, -0.05) is 0 Å². The molecule has 1 heterocycles. The topological polar surface area (TPSA) is 61.5 Å². The standard InChI is InChI=1S/C15H17NO3S/c1-8-9(2)20-15(16)13(8)14(17)11-6-5-10(18-3)7-12(11)19-4/h5-7H,16H2,1-4H3. The van der Waals surface area contributed by atoms with Gasteiger partial charge < -0.3 is 15.2 Å². The van der Waals surface area contributed by atoms with Gasteiger partial charge in [0.25, 0.3) is 0 Å². The van der Waals surface area contributed by atoms with E-state index in [1.807, 2.05) is 13.8 Å². The Bertz CT molecular complexity index is 661. The third-order valence-corrected chi connectivity index (χ3v) is 4.33. The molecule has 0 saturated heterocycles. The quantitative estimate of drug-likeness (QED) is 0.879. The zero-order valence-electron chi connectivity index (χ0n) is 11.9. The molecule has 1 aromatic heterocycles. The molecule has 0 radical (unpaired) electrons. The fraction of sp³-hybridized carbons (Fsp3) is 0.267. The lowest BCUT2D eigenvalue weighted by molar-refractivity contribution is 0.103. The number of aryl methyl sites for hydroxylation is 1. The Hall–Kier alpha value is -2.01. The SMILES string of the molecule is COc1ccc(C(=O)c2c(N)sc(C)c2C)c(OC)c1. The number of ether oxygens (including phenoxy) is 2. The van der Waals surface area contributed by atoms with Gasteiger partial charge in [-0.05, 0) is 31.5 Å². The molecule has 0 amide bonds. The van der Waals surface area contributed by atoms with Crippen molar-refractivity contribution in [2.24, 2.45) is 0 Å². The highest BCUT2D eigenvalue weighted by atomic mass is 32.1. The number of methoxy groups -OCH3 is 2. The summed E-state index contributed by atoms with van der Waals surface area (Å²) in [5.41, 5.74) is 7.94. The number of anilines is 1. The van der Waals surface area contributed by atoms with E-state index in [9.17, 15) is 4.79 Å². The summed E-state index contributed by atoms with van der Waals surface area (Å²) in [7, 11) is 3.10. The first-order valence-electron chi connectivity index (χ1n) is 6.11. The van der Waals surface area contributed by atoms with Crippen molar-refractivity contribution in [3.05, 3.63) is 39.8 Å². The number of nitrogen functional groups attached to an aromatic ring is 1. The van der Waals surface area contributed by atoms with Crippen molar-refractivity contribution in [2.45, 2.75) is 13.8 Å². The summed E-state index contributed by atoms with van der Waals surface area (Å²) in [4.78, 5) is 13.7. The molecule has 0 atom stereocenters. The zero-order valence-corrected chi connectivity index (χ0v) is 12.8. The van der Waals surface area contributed by atoms with Crippen LogP contribution in [0.25, 0.3) is 0 Å². The minimum atomic E-state index is -0.121. The highest BCUT2D eigenvalue weighted by Crippen LogP contribution is 2.34. The van der Waals surface area contributed by atoms with Crippen molar-refractivity contribution in [1.82, 2.24) is 0 Å². The minimum Gasteiger partial charge on any atom is -0.497 e. The number of nitrogens with two attached hydrogens (primary N) is 1. The van der Waals surface area contributed by atoms with Crippen LogP contribution in [0.5, 0.6) is 11.5 Å². The van der Waals surface area contributed by atoms with Gasteiger partial charge in [-0.2, -0.15) is 0 Å². The summed E-state index contributed by atoms with van der Waals surface area (Å²) >= 11 is 1.43. The van der Waals surface area contributed by atoms with Crippen LogP contribution < -0.4 is 15.2 Å². The molecule has 1 aromatic carbocycles. The van der Waals surface area contributed by atoms with Gasteiger partial charge in [0.1, 0.15) is 11.5 Å². The van der Waals surface area contributed by atoms with Gasteiger partial charge in [-0.3, -0.25) is 4.79 Å². The van der Waals surface area contributed by atoms with Crippen molar-refractivity contribution >= 4 is 22.1 Å². The van der Waals surface area contributed by atoms with Gasteiger partial charge >= 0.3 is 0 Å². The van der Waals surface area contributed by atoms with E-state index in [1.165, 1.54) is 18.4 Å². The molecular formula is C15H17NO3S. The Morgan fingerprint density at radius 2 is 1.90 bits per heavy atom. The van der Waals surface area contributed by atoms with Crippen molar-refractivity contribution < 1.29 is 14.3 Å². The van der Waals surface area contributed by atoms with Crippen molar-refractivity contribution in [3.63, 3.8) is 0 Å². The molecule has 5 heteroatoms. The van der Waals surface area contributed by atoms with Crippen LogP contribution in [0.3, 0.4) is 0 Å². The van der Waals surface area contributed by atoms with E-state index in [4.69, 9.17) is 15.2 Å². The summed E-state index contributed by atoms with van der Waals surface area (Å²) in [6.45, 7) is 3.86. The Morgan fingerprint density at radius 1 is 1.20 bits per heavy atom. The largest absolute Gasteiger partial charge is 0.497 e. The molecule has 2 aromatic rings. The lowest BCUT2D eigenvalue weighted by atomic mass is 10.00. The molecule has 0 aliphatic carbocycles. The first-order valence-corrected chi connectivity index (χ1v) is 6.93. The Kier molecular flexibility index (Phi) is 3.99. The summed E-state index contributed by atoms with van der Waals surface area (Å²) in [6, 6.07) is 5.13. The van der Waals surface area contributed by atoms with Gasteiger partial charge in [0.2, 0.25) is 0 Å². The van der Waals surface area contributed by atoms with Crippen molar-refractivity contribution in [1.29, 1.82) is 0 Å². The second-order valence-corrected chi connectivity index (χ2v) is 5.67. The Balaban J connectivity index is 2.53. The summed E-state index contributed by atoms with van der Waals surface area (Å²) in [5.74, 6) is 1.01. The molecule has 2 N–H and O–H groups in total. The fourth-order valence-electron chi connectivity index (χ4n) is 2.06. The molecule has 2 rings (SSSR count). The van der Waals surface area contributed by atoms with Gasteiger partial charge in [-0.15, -0.1) is 11.3 Å². The van der Waals surface area contributed by atoms with Crippen LogP contribution in [-0.2, 0) is 0 Å². The third kappa shape index (κ3) is 2.36. The number of thiophene rings is 1. The molecular weight excluding hydrogens is 274 g/mol. The molecule has 0 aliphatic heterocycles. The molecule has 0 unspecified atom stereocenters. The Morgan fingerprint density at radius 3 is 2.40 bits per heavy atom. The normalized spacial score (nSPS) is 10.4. The average molecular weight is 291 g/mol. The molecule has 0 bridgehead atoms. The molecule has 0 fully saturated rings. The van der Waals surface area contributed by atoms with Crippen LogP contribution in [-0.4, -0.2) is 20.0 Å². The van der Waals surface area contributed by atoms with Crippen LogP contribution in [0.15, 0.2) is 18.2 Å². The third-order valence-electron chi connectivity index (χ3n) is 3.29. The number of hydrogen-bond donors (Lipinski definition) is 1. The predicted octanol–water partition coefficient (Wildman–Crippen LogP) is 3.20. The average Bonchev–Trinajstić information content (AvgIpc) is 2.70. The molecule has 106 valence electrons. The Labute approximate surface area is 122 Å². The fourth-order valence-corrected chi connectivity index (χ4v) is 2.99. The van der Waals surface area contributed by atoms with Crippen molar-refractivity contribution in [2.75, 3.05) is 20.0 Å². The van der Waals surface area contributed by atoms with E-state index < -0.39 is 0 Å². The first kappa shape index (κ1) is 14.4. The number of carbonyl (C=O) groups is 1. The molecule has 4 nitrogen and oxygen atoms in total. The number of ketones is 1. The maximum atomic E-state index is 12.7. The summed E-state index contributed by atoms with van der Waals surface area (Å²) < 4.78 is 10.4. The van der Waals surface area contributed by atoms with E-state index in [2.05, 4.69) is 0 Å². The lowest BCUT2D eigenvalue weighted by Gasteiger charge is -2.10. The van der Waals surface area contributed by atoms with E-state index in [0.717, 1.165) is 10.4 Å². The van der Waals surface area contributed by atoms with Crippen LogP contribution in [0, 0.1) is 13.8 Å². The lowest BCUT2D eigenvalue weighted by Crippen LogP contribution is -2.07. The van der Waals surface area contributed by atoms with Crippen LogP contribution in [0.1, 0.15) is 26.4 Å². The maximum Gasteiger partial charge on any atom is 0.199 e. The predicted molar refractivity (Wildman–Crippen MR) is 81.2 cm³/mol. The minimum absolute atomic E-state index is 0.121. The molecule has 0 spiro atoms. The molecule has 20 heavy (non-hydrogen) atoms. The van der Waals surface area contributed by atoms with Crippen LogP contribution in [0.2, 0.25) is 0 Å². The highest BCUT2D eigenvalue weighted by molar-refractivity contribution is 7.16. The summed E-state index contributed by atoms with van der Waals surface area (Å²) in [6.07, 6.45) is 0. The van der Waals surface area contributed by atoms with E-state index in [1.54, 1.807) is 25.3 Å². The number of hydrogen-bond acceptors (Lipinski definition) is 5. The van der Waals surface area contributed by atoms with Crippen LogP contribution >= 0.6 is 11.3 Å². The number of carbonyl (C=O) groups excluding carboxylic acids is 1. The second-order valence-electron chi connectivity index (χ2n) is 4.42. The van der Waals surface area contributed by atoms with Gasteiger partial charge in [0, 0.05) is 10.9 Å². The molecule has 0 aliphatic rings. The first-order chi connectivity index (χ1) is 9.49. The van der Waals surface area contributed by atoms with Crippen LogP contribution in [0.4, 0.5) is 5.00 Å². The van der Waals surface area contributed by atoms with E-state index >= 15 is 0 Å². The maximum absolute atomic E-state index is 12.7. The zero-order chi connectivity index (χ0) is 14.9. The highest BCUT2D eigenvalue weighted by Gasteiger charge is 2.22. The number of rotatable bonds is 4. The number of benzene rings is 1. The van der Waals surface area contributed by atoms with E-state index in [-0.39, 0.29) is 5.78 Å². The summed E-state index contributed by atoms with van der Waals surface area (Å²) in [5, 5.41) is 0.544. The van der Waals surface area contributed by atoms with Gasteiger partial charge in [0.15, 0.2) is 5.78 Å². The second kappa shape index (κ2) is 5.54. The smallest absolute Gasteiger partial charge is 0.199 e.